The predicted octanol–water partition coefficient (Wildman–Crippen LogP) is 3.59. The number of hydrogen-bond acceptors (Lipinski definition) is 6. The Morgan fingerprint density at radius 3 is 2.77 bits per heavy atom. The molecule has 156 valence electrons. The second-order valence-electron chi connectivity index (χ2n) is 7.77. The van der Waals surface area contributed by atoms with Gasteiger partial charge in [0.15, 0.2) is 5.16 Å². The fourth-order valence-corrected chi connectivity index (χ4v) is 5.12. The van der Waals surface area contributed by atoms with E-state index in [9.17, 15) is 4.79 Å². The molecule has 0 saturated carbocycles. The SMILES string of the molecule is C[C@H](Sc1nnc(N2CCCC2)n1Cc1ccco1)C(=O)N1CCc2ccccc21. The summed E-state index contributed by atoms with van der Waals surface area (Å²) >= 11 is 1.47. The van der Waals surface area contributed by atoms with Crippen molar-refractivity contribution >= 4 is 29.3 Å². The van der Waals surface area contributed by atoms with Crippen molar-refractivity contribution in [3.05, 3.63) is 54.0 Å². The molecule has 0 N–H and O–H groups in total. The number of amides is 1. The van der Waals surface area contributed by atoms with Gasteiger partial charge in [-0.05, 0) is 49.9 Å². The van der Waals surface area contributed by atoms with E-state index in [1.807, 2.05) is 42.2 Å². The lowest BCUT2D eigenvalue weighted by molar-refractivity contribution is -0.117. The number of furan rings is 1. The largest absolute Gasteiger partial charge is 0.467 e. The summed E-state index contributed by atoms with van der Waals surface area (Å²) in [6.07, 6.45) is 4.92. The molecule has 0 unspecified atom stereocenters. The second kappa shape index (κ2) is 8.18. The number of benzene rings is 1. The van der Waals surface area contributed by atoms with E-state index >= 15 is 0 Å². The molecule has 2 aliphatic heterocycles. The van der Waals surface area contributed by atoms with Gasteiger partial charge in [-0.3, -0.25) is 9.36 Å². The summed E-state index contributed by atoms with van der Waals surface area (Å²) in [4.78, 5) is 17.4. The van der Waals surface area contributed by atoms with Gasteiger partial charge in [0.25, 0.3) is 0 Å². The number of hydrogen-bond donors (Lipinski definition) is 0. The number of rotatable bonds is 6. The number of nitrogens with zero attached hydrogens (tertiary/aromatic N) is 5. The van der Waals surface area contributed by atoms with E-state index in [0.29, 0.717) is 6.54 Å². The molecule has 0 bridgehead atoms. The Balaban J connectivity index is 1.38. The van der Waals surface area contributed by atoms with Gasteiger partial charge in [-0.1, -0.05) is 30.0 Å². The molecule has 0 aliphatic carbocycles. The average Bonchev–Trinajstić information content (AvgIpc) is 3.55. The lowest BCUT2D eigenvalue weighted by atomic mass is 10.2. The van der Waals surface area contributed by atoms with E-state index in [0.717, 1.165) is 48.6 Å². The lowest BCUT2D eigenvalue weighted by Gasteiger charge is -2.22. The monoisotopic (exact) mass is 423 g/mol. The second-order valence-corrected chi connectivity index (χ2v) is 9.08. The molecule has 1 saturated heterocycles. The van der Waals surface area contributed by atoms with Crippen molar-refractivity contribution in [3.63, 3.8) is 0 Å². The first-order valence-corrected chi connectivity index (χ1v) is 11.3. The van der Waals surface area contributed by atoms with Crippen LogP contribution in [0.1, 0.15) is 31.1 Å². The molecule has 30 heavy (non-hydrogen) atoms. The maximum atomic E-state index is 13.2. The normalized spacial score (nSPS) is 16.8. The zero-order valence-corrected chi connectivity index (χ0v) is 17.8. The van der Waals surface area contributed by atoms with Gasteiger partial charge in [-0.15, -0.1) is 10.2 Å². The van der Waals surface area contributed by atoms with E-state index in [2.05, 4.69) is 25.7 Å². The summed E-state index contributed by atoms with van der Waals surface area (Å²) in [7, 11) is 0. The third-order valence-corrected chi connectivity index (χ3v) is 6.83. The van der Waals surface area contributed by atoms with Crippen LogP contribution in [0.25, 0.3) is 0 Å². The van der Waals surface area contributed by atoms with Gasteiger partial charge in [-0.25, -0.2) is 0 Å². The molecule has 1 atom stereocenters. The first kappa shape index (κ1) is 19.2. The van der Waals surface area contributed by atoms with Crippen molar-refractivity contribution in [2.45, 2.75) is 43.1 Å². The number of thioether (sulfide) groups is 1. The third-order valence-electron chi connectivity index (χ3n) is 5.76. The fourth-order valence-electron chi connectivity index (χ4n) is 4.21. The molecule has 0 spiro atoms. The summed E-state index contributed by atoms with van der Waals surface area (Å²) in [5.41, 5.74) is 2.27. The summed E-state index contributed by atoms with van der Waals surface area (Å²) in [6, 6.07) is 12.0. The van der Waals surface area contributed by atoms with E-state index in [4.69, 9.17) is 4.42 Å². The molecule has 3 aromatic rings. The van der Waals surface area contributed by atoms with Crippen LogP contribution in [0.2, 0.25) is 0 Å². The van der Waals surface area contributed by atoms with Crippen LogP contribution in [0.3, 0.4) is 0 Å². The smallest absolute Gasteiger partial charge is 0.240 e. The molecular formula is C22H25N5O2S. The summed E-state index contributed by atoms with van der Waals surface area (Å²) < 4.78 is 7.65. The molecule has 1 fully saturated rings. The summed E-state index contributed by atoms with van der Waals surface area (Å²) in [5, 5.41) is 9.42. The van der Waals surface area contributed by atoms with E-state index in [1.165, 1.54) is 30.2 Å². The van der Waals surface area contributed by atoms with Crippen LogP contribution in [0.5, 0.6) is 0 Å². The highest BCUT2D eigenvalue weighted by Gasteiger charge is 2.30. The van der Waals surface area contributed by atoms with Crippen LogP contribution >= 0.6 is 11.8 Å². The molecular weight excluding hydrogens is 398 g/mol. The summed E-state index contributed by atoms with van der Waals surface area (Å²) in [6.45, 7) is 5.22. The Morgan fingerprint density at radius 2 is 1.97 bits per heavy atom. The Bertz CT molecular complexity index is 1030. The number of anilines is 2. The van der Waals surface area contributed by atoms with Crippen LogP contribution < -0.4 is 9.80 Å². The average molecular weight is 424 g/mol. The molecule has 5 rings (SSSR count). The highest BCUT2D eigenvalue weighted by molar-refractivity contribution is 8.00. The molecule has 2 aromatic heterocycles. The van der Waals surface area contributed by atoms with Crippen LogP contribution in [0, 0.1) is 0 Å². The van der Waals surface area contributed by atoms with Crippen molar-refractivity contribution in [3.8, 4) is 0 Å². The van der Waals surface area contributed by atoms with Gasteiger partial charge >= 0.3 is 0 Å². The van der Waals surface area contributed by atoms with Crippen LogP contribution in [-0.2, 0) is 17.8 Å². The topological polar surface area (TPSA) is 67.4 Å². The summed E-state index contributed by atoms with van der Waals surface area (Å²) in [5.74, 6) is 1.82. The highest BCUT2D eigenvalue weighted by Crippen LogP contribution is 2.33. The van der Waals surface area contributed by atoms with Gasteiger partial charge in [0.2, 0.25) is 11.9 Å². The van der Waals surface area contributed by atoms with Crippen LogP contribution in [0.15, 0.2) is 52.2 Å². The Hall–Kier alpha value is -2.74. The molecule has 2 aliphatic rings. The molecule has 7 nitrogen and oxygen atoms in total. The Labute approximate surface area is 180 Å². The van der Waals surface area contributed by atoms with E-state index < -0.39 is 0 Å². The number of fused-ring (bicyclic) bond motifs is 1. The van der Waals surface area contributed by atoms with Gasteiger partial charge in [-0.2, -0.15) is 0 Å². The van der Waals surface area contributed by atoms with Crippen molar-refractivity contribution in [1.82, 2.24) is 14.8 Å². The van der Waals surface area contributed by atoms with Crippen LogP contribution in [-0.4, -0.2) is 45.6 Å². The maximum absolute atomic E-state index is 13.2. The van der Waals surface area contributed by atoms with Gasteiger partial charge in [0, 0.05) is 25.3 Å². The van der Waals surface area contributed by atoms with Crippen LogP contribution in [0.4, 0.5) is 11.6 Å². The number of aromatic nitrogens is 3. The zero-order valence-electron chi connectivity index (χ0n) is 17.0. The molecule has 1 aromatic carbocycles. The lowest BCUT2D eigenvalue weighted by Crippen LogP contribution is -2.35. The van der Waals surface area contributed by atoms with E-state index in [1.54, 1.807) is 6.26 Å². The molecule has 8 heteroatoms. The minimum Gasteiger partial charge on any atom is -0.467 e. The number of carbonyl (C=O) groups excluding carboxylic acids is 1. The minimum atomic E-state index is -0.262. The third kappa shape index (κ3) is 3.60. The molecule has 0 radical (unpaired) electrons. The van der Waals surface area contributed by atoms with Gasteiger partial charge < -0.3 is 14.2 Å². The van der Waals surface area contributed by atoms with Crippen molar-refractivity contribution < 1.29 is 9.21 Å². The van der Waals surface area contributed by atoms with Gasteiger partial charge in [0.05, 0.1) is 18.1 Å². The van der Waals surface area contributed by atoms with E-state index in [-0.39, 0.29) is 11.2 Å². The Kier molecular flexibility index (Phi) is 5.25. The molecule has 1 amide bonds. The number of para-hydroxylation sites is 1. The number of carbonyl (C=O) groups is 1. The predicted molar refractivity (Wildman–Crippen MR) is 117 cm³/mol. The van der Waals surface area contributed by atoms with Crippen molar-refractivity contribution in [1.29, 1.82) is 0 Å². The first-order valence-electron chi connectivity index (χ1n) is 10.5. The zero-order chi connectivity index (χ0) is 20.5. The standard InChI is InChI=1S/C22H25N5O2S/c1-16(20(28)26-13-10-17-7-2-3-9-19(17)26)30-22-24-23-21(25-11-4-5-12-25)27(22)15-18-8-6-14-29-18/h2-3,6-9,14,16H,4-5,10-13,15H2,1H3/t16-/m0/s1. The first-order chi connectivity index (χ1) is 14.7. The minimum absolute atomic E-state index is 0.111. The maximum Gasteiger partial charge on any atom is 0.240 e. The fraction of sp³-hybridized carbons (Fsp3) is 0.409. The molecule has 4 heterocycles. The quantitative estimate of drug-likeness (QED) is 0.565. The van der Waals surface area contributed by atoms with Crippen molar-refractivity contribution in [2.75, 3.05) is 29.4 Å². The van der Waals surface area contributed by atoms with Crippen molar-refractivity contribution in [2.24, 2.45) is 0 Å². The highest BCUT2D eigenvalue weighted by atomic mass is 32.2. The van der Waals surface area contributed by atoms with Gasteiger partial charge in [0.1, 0.15) is 5.76 Å². The Morgan fingerprint density at radius 1 is 1.13 bits per heavy atom.